The van der Waals surface area contributed by atoms with Crippen LogP contribution in [0.2, 0.25) is 5.02 Å². The first-order valence-corrected chi connectivity index (χ1v) is 6.35. The van der Waals surface area contributed by atoms with Crippen molar-refractivity contribution in [2.45, 2.75) is 6.92 Å². The molecule has 1 heterocycles. The van der Waals surface area contributed by atoms with Gasteiger partial charge in [-0.3, -0.25) is 0 Å². The van der Waals surface area contributed by atoms with Crippen molar-refractivity contribution in [3.05, 3.63) is 47.0 Å². The summed E-state index contributed by atoms with van der Waals surface area (Å²) in [6.07, 6.45) is 0. The minimum absolute atomic E-state index is 0.660. The summed E-state index contributed by atoms with van der Waals surface area (Å²) in [5, 5.41) is 0.660. The summed E-state index contributed by atoms with van der Waals surface area (Å²) in [4.78, 5) is 7.88. The van der Waals surface area contributed by atoms with E-state index in [2.05, 4.69) is 23.0 Å². The summed E-state index contributed by atoms with van der Waals surface area (Å²) in [6, 6.07) is 11.6. The summed E-state index contributed by atoms with van der Waals surface area (Å²) >= 11 is 6.05. The molecule has 1 aromatic heterocycles. The maximum Gasteiger partial charge on any atom is 0.142 e. The molecule has 0 aliphatic carbocycles. The zero-order valence-corrected chi connectivity index (χ0v) is 11.5. The molecule has 0 saturated carbocycles. The van der Waals surface area contributed by atoms with Gasteiger partial charge in [-0.2, -0.15) is 0 Å². The number of methoxy groups -OCH3 is 1. The fourth-order valence-electron chi connectivity index (χ4n) is 2.12. The Morgan fingerprint density at radius 1 is 1.16 bits per heavy atom. The summed E-state index contributed by atoms with van der Waals surface area (Å²) in [7, 11) is 1.64. The van der Waals surface area contributed by atoms with E-state index in [9.17, 15) is 0 Å². The molecule has 0 unspecified atom stereocenters. The number of fused-ring (bicyclic) bond motifs is 1. The van der Waals surface area contributed by atoms with E-state index < -0.39 is 0 Å². The molecule has 0 fully saturated rings. The second kappa shape index (κ2) is 4.59. The molecule has 3 rings (SSSR count). The van der Waals surface area contributed by atoms with Gasteiger partial charge in [-0.1, -0.05) is 17.7 Å². The summed E-state index contributed by atoms with van der Waals surface area (Å²) in [5.41, 5.74) is 4.00. The van der Waals surface area contributed by atoms with Crippen LogP contribution >= 0.6 is 11.6 Å². The number of hydrogen-bond acceptors (Lipinski definition) is 2. The van der Waals surface area contributed by atoms with Crippen molar-refractivity contribution in [3.63, 3.8) is 0 Å². The van der Waals surface area contributed by atoms with E-state index in [0.717, 1.165) is 28.2 Å². The van der Waals surface area contributed by atoms with E-state index in [1.54, 1.807) is 13.2 Å². The number of imidazole rings is 1. The quantitative estimate of drug-likeness (QED) is 0.759. The van der Waals surface area contributed by atoms with Gasteiger partial charge in [0.25, 0.3) is 0 Å². The van der Waals surface area contributed by atoms with Gasteiger partial charge in [0, 0.05) is 5.02 Å². The second-order valence-electron chi connectivity index (χ2n) is 4.45. The van der Waals surface area contributed by atoms with Crippen LogP contribution in [0.3, 0.4) is 0 Å². The smallest absolute Gasteiger partial charge is 0.142 e. The Labute approximate surface area is 116 Å². The Kier molecular flexibility index (Phi) is 2.91. The Morgan fingerprint density at radius 2 is 2.00 bits per heavy atom. The van der Waals surface area contributed by atoms with Crippen LogP contribution in [0, 0.1) is 6.92 Å². The van der Waals surface area contributed by atoms with Crippen LogP contribution in [-0.4, -0.2) is 17.1 Å². The lowest BCUT2D eigenvalue weighted by molar-refractivity contribution is 0.416. The molecule has 3 nitrogen and oxygen atoms in total. The van der Waals surface area contributed by atoms with E-state index in [1.165, 1.54) is 5.56 Å². The fourth-order valence-corrected chi connectivity index (χ4v) is 2.29. The molecule has 19 heavy (non-hydrogen) atoms. The van der Waals surface area contributed by atoms with E-state index >= 15 is 0 Å². The number of nitrogens with one attached hydrogen (secondary N) is 1. The minimum Gasteiger partial charge on any atom is -0.496 e. The van der Waals surface area contributed by atoms with Crippen LogP contribution < -0.4 is 4.74 Å². The van der Waals surface area contributed by atoms with Crippen molar-refractivity contribution in [1.29, 1.82) is 0 Å². The lowest BCUT2D eigenvalue weighted by Crippen LogP contribution is -1.89. The predicted molar refractivity (Wildman–Crippen MR) is 77.8 cm³/mol. The van der Waals surface area contributed by atoms with Crippen molar-refractivity contribution < 1.29 is 4.74 Å². The van der Waals surface area contributed by atoms with Gasteiger partial charge in [0.2, 0.25) is 0 Å². The second-order valence-corrected chi connectivity index (χ2v) is 4.89. The van der Waals surface area contributed by atoms with E-state index in [4.69, 9.17) is 16.3 Å². The minimum atomic E-state index is 0.660. The first-order chi connectivity index (χ1) is 9.17. The molecule has 0 saturated heterocycles. The van der Waals surface area contributed by atoms with Crippen molar-refractivity contribution in [2.75, 3.05) is 7.11 Å². The maximum absolute atomic E-state index is 6.05. The normalized spacial score (nSPS) is 10.9. The number of aryl methyl sites for hydroxylation is 1. The molecular formula is C15H13ClN2O. The SMILES string of the molecule is COc1ccc(Cl)cc1-c1nc2ccc(C)cc2[nH]1. The lowest BCUT2D eigenvalue weighted by atomic mass is 10.2. The topological polar surface area (TPSA) is 37.9 Å². The zero-order chi connectivity index (χ0) is 13.4. The van der Waals surface area contributed by atoms with Gasteiger partial charge in [-0.15, -0.1) is 0 Å². The molecular weight excluding hydrogens is 260 g/mol. The molecule has 0 bridgehead atoms. The molecule has 96 valence electrons. The molecule has 3 aromatic rings. The van der Waals surface area contributed by atoms with Crippen LogP contribution in [-0.2, 0) is 0 Å². The van der Waals surface area contributed by atoms with Crippen molar-refractivity contribution in [3.8, 4) is 17.1 Å². The van der Waals surface area contributed by atoms with Crippen LogP contribution in [0.25, 0.3) is 22.4 Å². The Morgan fingerprint density at radius 3 is 2.79 bits per heavy atom. The van der Waals surface area contributed by atoms with Crippen LogP contribution in [0.1, 0.15) is 5.56 Å². The first-order valence-electron chi connectivity index (χ1n) is 5.97. The average molecular weight is 273 g/mol. The Bertz CT molecular complexity index is 749. The van der Waals surface area contributed by atoms with Crippen molar-refractivity contribution in [1.82, 2.24) is 9.97 Å². The van der Waals surface area contributed by atoms with Gasteiger partial charge >= 0.3 is 0 Å². The highest BCUT2D eigenvalue weighted by molar-refractivity contribution is 6.30. The number of rotatable bonds is 2. The highest BCUT2D eigenvalue weighted by atomic mass is 35.5. The van der Waals surface area contributed by atoms with E-state index in [1.807, 2.05) is 24.3 Å². The molecule has 4 heteroatoms. The fraction of sp³-hybridized carbons (Fsp3) is 0.133. The predicted octanol–water partition coefficient (Wildman–Crippen LogP) is 4.20. The molecule has 0 atom stereocenters. The molecule has 0 amide bonds. The third-order valence-electron chi connectivity index (χ3n) is 3.05. The number of H-pyrrole nitrogens is 1. The number of nitrogens with zero attached hydrogens (tertiary/aromatic N) is 1. The molecule has 0 aliphatic heterocycles. The van der Waals surface area contributed by atoms with Gasteiger partial charge in [0.1, 0.15) is 11.6 Å². The average Bonchev–Trinajstić information content (AvgIpc) is 2.81. The third-order valence-corrected chi connectivity index (χ3v) is 3.29. The summed E-state index contributed by atoms with van der Waals surface area (Å²) < 4.78 is 5.36. The molecule has 0 aliphatic rings. The monoisotopic (exact) mass is 272 g/mol. The largest absolute Gasteiger partial charge is 0.496 e. The number of ether oxygens (including phenoxy) is 1. The Hall–Kier alpha value is -2.00. The van der Waals surface area contributed by atoms with Crippen molar-refractivity contribution in [2.24, 2.45) is 0 Å². The first kappa shape index (κ1) is 12.1. The van der Waals surface area contributed by atoms with Crippen LogP contribution in [0.15, 0.2) is 36.4 Å². The zero-order valence-electron chi connectivity index (χ0n) is 10.7. The van der Waals surface area contributed by atoms with Gasteiger partial charge in [0.15, 0.2) is 0 Å². The highest BCUT2D eigenvalue weighted by Gasteiger charge is 2.11. The van der Waals surface area contributed by atoms with E-state index in [-0.39, 0.29) is 0 Å². The third kappa shape index (κ3) is 2.17. The number of halogens is 1. The van der Waals surface area contributed by atoms with Crippen LogP contribution in [0.4, 0.5) is 0 Å². The van der Waals surface area contributed by atoms with Crippen LogP contribution in [0.5, 0.6) is 5.75 Å². The van der Waals surface area contributed by atoms with Gasteiger partial charge < -0.3 is 9.72 Å². The standard InChI is InChI=1S/C15H13ClN2O/c1-9-3-5-12-13(7-9)18-15(17-12)11-8-10(16)4-6-14(11)19-2/h3-8H,1-2H3,(H,17,18). The van der Waals surface area contributed by atoms with Crippen molar-refractivity contribution >= 4 is 22.6 Å². The summed E-state index contributed by atoms with van der Waals surface area (Å²) in [5.74, 6) is 1.51. The molecule has 0 spiro atoms. The lowest BCUT2D eigenvalue weighted by Gasteiger charge is -2.06. The van der Waals surface area contributed by atoms with Gasteiger partial charge in [0.05, 0.1) is 23.7 Å². The summed E-state index contributed by atoms with van der Waals surface area (Å²) in [6.45, 7) is 2.06. The van der Waals surface area contributed by atoms with E-state index in [0.29, 0.717) is 5.02 Å². The maximum atomic E-state index is 6.05. The van der Waals surface area contributed by atoms with Gasteiger partial charge in [-0.05, 0) is 42.8 Å². The number of benzene rings is 2. The highest BCUT2D eigenvalue weighted by Crippen LogP contribution is 2.31. The Balaban J connectivity index is 2.21. The molecule has 0 radical (unpaired) electrons. The molecule has 1 N–H and O–H groups in total. The number of aromatic amines is 1. The van der Waals surface area contributed by atoms with Gasteiger partial charge in [-0.25, -0.2) is 4.98 Å². The number of hydrogen-bond donors (Lipinski definition) is 1. The number of aromatic nitrogens is 2. The molecule has 2 aromatic carbocycles.